The third-order valence-corrected chi connectivity index (χ3v) is 1.53. The fourth-order valence-corrected chi connectivity index (χ4v) is 0.654. The molecule has 0 saturated heterocycles. The van der Waals surface area contributed by atoms with Gasteiger partial charge in [0.25, 0.3) is 0 Å². The second kappa shape index (κ2) is 8.17. The van der Waals surface area contributed by atoms with Gasteiger partial charge in [0.05, 0.1) is 11.4 Å². The highest BCUT2D eigenvalue weighted by molar-refractivity contribution is 5.23. The standard InChI is InChI=1S/C13H17N3/c1-6-7-8-12(3)15-16-13(4)10-9-11(2)14-5/h6-10,14H,1-4H2,5H3/b8-7-,10-9-,16-15?. The molecule has 0 aromatic carbocycles. The summed E-state index contributed by atoms with van der Waals surface area (Å²) in [4.78, 5) is 0. The molecule has 0 aliphatic heterocycles. The zero-order valence-corrected chi connectivity index (χ0v) is 9.61. The van der Waals surface area contributed by atoms with E-state index in [9.17, 15) is 0 Å². The Kier molecular flexibility index (Phi) is 7.07. The van der Waals surface area contributed by atoms with Crippen molar-refractivity contribution >= 4 is 0 Å². The van der Waals surface area contributed by atoms with Gasteiger partial charge >= 0.3 is 0 Å². The molecular weight excluding hydrogens is 198 g/mol. The van der Waals surface area contributed by atoms with E-state index < -0.39 is 0 Å². The lowest BCUT2D eigenvalue weighted by atomic mass is 10.3. The molecule has 0 fully saturated rings. The Balaban J connectivity index is 4.24. The molecular formula is C13H17N3. The first kappa shape index (κ1) is 13.8. The predicted octanol–water partition coefficient (Wildman–Crippen LogP) is 3.50. The summed E-state index contributed by atoms with van der Waals surface area (Å²) in [5, 5.41) is 10.6. The van der Waals surface area contributed by atoms with Crippen LogP contribution in [0.25, 0.3) is 0 Å². The van der Waals surface area contributed by atoms with Crippen LogP contribution in [-0.2, 0) is 0 Å². The number of hydrogen-bond acceptors (Lipinski definition) is 3. The van der Waals surface area contributed by atoms with Crippen LogP contribution in [0, 0.1) is 0 Å². The topological polar surface area (TPSA) is 36.8 Å². The largest absolute Gasteiger partial charge is 0.389 e. The summed E-state index contributed by atoms with van der Waals surface area (Å²) in [5.74, 6) is 0. The molecule has 0 saturated carbocycles. The molecule has 0 radical (unpaired) electrons. The summed E-state index contributed by atoms with van der Waals surface area (Å²) >= 11 is 0. The van der Waals surface area contributed by atoms with Gasteiger partial charge in [-0.2, -0.15) is 10.2 Å². The van der Waals surface area contributed by atoms with E-state index in [1.54, 1.807) is 37.4 Å². The number of azo groups is 1. The van der Waals surface area contributed by atoms with Gasteiger partial charge < -0.3 is 5.32 Å². The second-order valence-electron chi connectivity index (χ2n) is 2.89. The molecule has 0 aliphatic rings. The Bertz CT molecular complexity index is 371. The zero-order valence-electron chi connectivity index (χ0n) is 9.61. The van der Waals surface area contributed by atoms with Crippen LogP contribution in [0.3, 0.4) is 0 Å². The third-order valence-electron chi connectivity index (χ3n) is 1.53. The highest BCUT2D eigenvalue weighted by Gasteiger charge is 1.85. The zero-order chi connectivity index (χ0) is 12.4. The van der Waals surface area contributed by atoms with Crippen molar-refractivity contribution in [3.8, 4) is 0 Å². The van der Waals surface area contributed by atoms with E-state index in [-0.39, 0.29) is 0 Å². The average molecular weight is 215 g/mol. The molecule has 3 nitrogen and oxygen atoms in total. The number of rotatable bonds is 7. The van der Waals surface area contributed by atoms with Crippen LogP contribution in [0.2, 0.25) is 0 Å². The van der Waals surface area contributed by atoms with Gasteiger partial charge in [0.2, 0.25) is 0 Å². The highest BCUT2D eigenvalue weighted by Crippen LogP contribution is 2.03. The molecule has 0 aromatic rings. The molecule has 16 heavy (non-hydrogen) atoms. The molecule has 0 aliphatic carbocycles. The van der Waals surface area contributed by atoms with Crippen molar-refractivity contribution in [2.75, 3.05) is 7.05 Å². The van der Waals surface area contributed by atoms with Crippen LogP contribution < -0.4 is 5.32 Å². The minimum absolute atomic E-state index is 0.532. The lowest BCUT2D eigenvalue weighted by Crippen LogP contribution is -2.00. The van der Waals surface area contributed by atoms with Gasteiger partial charge in [0.15, 0.2) is 0 Å². The van der Waals surface area contributed by atoms with Gasteiger partial charge in [0, 0.05) is 12.7 Å². The van der Waals surface area contributed by atoms with Crippen molar-refractivity contribution in [2.24, 2.45) is 10.2 Å². The van der Waals surface area contributed by atoms with Crippen molar-refractivity contribution in [3.05, 3.63) is 73.8 Å². The quantitative estimate of drug-likeness (QED) is 0.512. The molecule has 0 aromatic heterocycles. The van der Waals surface area contributed by atoms with Gasteiger partial charge in [-0.1, -0.05) is 38.5 Å². The summed E-state index contributed by atoms with van der Waals surface area (Å²) in [7, 11) is 1.79. The second-order valence-corrected chi connectivity index (χ2v) is 2.89. The number of nitrogens with zero attached hydrogens (tertiary/aromatic N) is 2. The minimum Gasteiger partial charge on any atom is -0.389 e. The number of likely N-dealkylation sites (N-methyl/N-ethyl adjacent to an activating group) is 1. The van der Waals surface area contributed by atoms with Crippen molar-refractivity contribution in [1.82, 2.24) is 5.32 Å². The summed E-state index contributed by atoms with van der Waals surface area (Å²) in [6.45, 7) is 14.7. The van der Waals surface area contributed by atoms with Gasteiger partial charge in [0.1, 0.15) is 0 Å². The number of allylic oxidation sites excluding steroid dienone is 5. The first-order valence-electron chi connectivity index (χ1n) is 4.73. The Morgan fingerprint density at radius 2 is 1.56 bits per heavy atom. The van der Waals surface area contributed by atoms with Crippen molar-refractivity contribution in [2.45, 2.75) is 0 Å². The average Bonchev–Trinajstić information content (AvgIpc) is 2.30. The van der Waals surface area contributed by atoms with Crippen molar-refractivity contribution in [1.29, 1.82) is 0 Å². The maximum absolute atomic E-state index is 3.87. The highest BCUT2D eigenvalue weighted by atomic mass is 15.1. The Hall–Kier alpha value is -2.16. The molecule has 0 bridgehead atoms. The summed E-state index contributed by atoms with van der Waals surface area (Å²) in [5.41, 5.74) is 1.85. The molecule has 0 heterocycles. The van der Waals surface area contributed by atoms with Crippen LogP contribution in [0.1, 0.15) is 0 Å². The van der Waals surface area contributed by atoms with Crippen LogP contribution in [0.4, 0.5) is 0 Å². The lowest BCUT2D eigenvalue weighted by Gasteiger charge is -1.95. The maximum atomic E-state index is 3.87. The lowest BCUT2D eigenvalue weighted by molar-refractivity contribution is 1.04. The fourth-order valence-electron chi connectivity index (χ4n) is 0.654. The van der Waals surface area contributed by atoms with E-state index in [1.807, 2.05) is 0 Å². The molecule has 1 N–H and O–H groups in total. The fraction of sp³-hybridized carbons (Fsp3) is 0.0769. The van der Waals surface area contributed by atoms with Crippen LogP contribution in [0.5, 0.6) is 0 Å². The SMILES string of the molecule is C=C/C=C\C(=C)N=NC(=C)/C=C\C(=C)NC. The monoisotopic (exact) mass is 215 g/mol. The molecule has 0 amide bonds. The van der Waals surface area contributed by atoms with Crippen LogP contribution in [0.15, 0.2) is 84.0 Å². The predicted molar refractivity (Wildman–Crippen MR) is 69.8 cm³/mol. The van der Waals surface area contributed by atoms with Gasteiger partial charge in [-0.15, -0.1) is 0 Å². The van der Waals surface area contributed by atoms with Gasteiger partial charge in [-0.05, 0) is 18.2 Å². The van der Waals surface area contributed by atoms with E-state index in [2.05, 4.69) is 41.9 Å². The van der Waals surface area contributed by atoms with E-state index in [0.29, 0.717) is 11.4 Å². The van der Waals surface area contributed by atoms with E-state index in [1.165, 1.54) is 0 Å². The van der Waals surface area contributed by atoms with Gasteiger partial charge in [-0.3, -0.25) is 0 Å². The van der Waals surface area contributed by atoms with Crippen LogP contribution in [-0.4, -0.2) is 7.05 Å². The van der Waals surface area contributed by atoms with E-state index in [4.69, 9.17) is 0 Å². The number of nitrogens with one attached hydrogen (secondary N) is 1. The van der Waals surface area contributed by atoms with E-state index in [0.717, 1.165) is 5.70 Å². The Morgan fingerprint density at radius 3 is 2.06 bits per heavy atom. The first-order valence-corrected chi connectivity index (χ1v) is 4.73. The molecule has 3 heteroatoms. The minimum atomic E-state index is 0.532. The summed E-state index contributed by atoms with van der Waals surface area (Å²) < 4.78 is 0. The third kappa shape index (κ3) is 7.26. The molecule has 0 spiro atoms. The smallest absolute Gasteiger partial charge is 0.0786 e. The maximum Gasteiger partial charge on any atom is 0.0786 e. The molecule has 0 unspecified atom stereocenters. The summed E-state index contributed by atoms with van der Waals surface area (Å²) in [6.07, 6.45) is 8.58. The molecule has 0 rings (SSSR count). The normalized spacial score (nSPS) is 11.1. The Labute approximate surface area is 97.0 Å². The molecule has 0 atom stereocenters. The van der Waals surface area contributed by atoms with Crippen molar-refractivity contribution in [3.63, 3.8) is 0 Å². The van der Waals surface area contributed by atoms with E-state index >= 15 is 0 Å². The van der Waals surface area contributed by atoms with Gasteiger partial charge in [-0.25, -0.2) is 0 Å². The van der Waals surface area contributed by atoms with Crippen molar-refractivity contribution < 1.29 is 0 Å². The molecule has 84 valence electrons. The van der Waals surface area contributed by atoms with Crippen LogP contribution >= 0.6 is 0 Å². The first-order chi connectivity index (χ1) is 7.60. The Morgan fingerprint density at radius 1 is 1.00 bits per heavy atom. The summed E-state index contributed by atoms with van der Waals surface area (Å²) in [6, 6.07) is 0. The number of hydrogen-bond donors (Lipinski definition) is 1.